The normalized spacial score (nSPS) is 14.1. The van der Waals surface area contributed by atoms with Gasteiger partial charge >= 0.3 is 39.5 Å². The number of aliphatic hydroxyl groups excluding tert-OH is 1. The van der Waals surface area contributed by atoms with Crippen LogP contribution in [0.25, 0.3) is 0 Å². The van der Waals surface area contributed by atoms with Gasteiger partial charge < -0.3 is 33.8 Å². The predicted octanol–water partition coefficient (Wildman–Crippen LogP) is 24.8. The minimum Gasteiger partial charge on any atom is -0.462 e. The van der Waals surface area contributed by atoms with Crippen molar-refractivity contribution in [2.45, 2.75) is 457 Å². The minimum atomic E-state index is -4.96. The van der Waals surface area contributed by atoms with Gasteiger partial charge in [0.2, 0.25) is 0 Å². The predicted molar refractivity (Wildman–Crippen MR) is 414 cm³/mol. The summed E-state index contributed by atoms with van der Waals surface area (Å²) in [4.78, 5) is 73.0. The van der Waals surface area contributed by atoms with E-state index in [1.54, 1.807) is 0 Å². The van der Waals surface area contributed by atoms with E-state index in [1.165, 1.54) is 263 Å². The van der Waals surface area contributed by atoms with Crippen LogP contribution in [0.3, 0.4) is 0 Å². The fourth-order valence-corrected chi connectivity index (χ4v) is 14.3. The molecule has 0 rings (SSSR count). The first-order chi connectivity index (χ1) is 49.1. The average Bonchev–Trinajstić information content (AvgIpc) is 0.935. The Labute approximate surface area is 619 Å². The molecule has 0 amide bonds. The number of hydrogen-bond acceptors (Lipinski definition) is 15. The number of carbonyl (C=O) groups excluding carboxylic acids is 4. The van der Waals surface area contributed by atoms with E-state index in [0.29, 0.717) is 25.7 Å². The van der Waals surface area contributed by atoms with Gasteiger partial charge in [0.05, 0.1) is 26.4 Å². The van der Waals surface area contributed by atoms with Gasteiger partial charge in [0.25, 0.3) is 0 Å². The van der Waals surface area contributed by atoms with Crippen LogP contribution >= 0.6 is 15.6 Å². The molecule has 0 spiro atoms. The van der Waals surface area contributed by atoms with Crippen LogP contribution in [0.2, 0.25) is 0 Å². The third-order valence-electron chi connectivity index (χ3n) is 19.6. The van der Waals surface area contributed by atoms with Gasteiger partial charge in [-0.2, -0.15) is 0 Å². The van der Waals surface area contributed by atoms with Crippen molar-refractivity contribution in [3.05, 3.63) is 0 Å². The first-order valence-corrected chi connectivity index (χ1v) is 45.7. The summed E-state index contributed by atoms with van der Waals surface area (Å²) in [6.45, 7) is 7.35. The standard InChI is InChI=1S/C82H160O17P2/c1-6-10-13-16-19-22-25-27-29-31-32-33-35-37-39-41-47-52-57-62-67-81(86)98-78(72-93-80(85)66-61-56-51-46-40-38-36-34-30-28-26-23-20-17-14-11-7-2)74-97-101(90,91)95-70-76(83)69-94-100(88,89)96-73-77(71-92-79(84)65-60-55-50-45-24-21-18-15-12-8-3)99-82(87)68-63-58-53-48-43-42-44-49-54-59-64-75(5)9-4/h75-78,83H,6-74H2,1-5H3,(H,88,89)(H,90,91)/t75?,76-,77+,78+/m0/s1. The molecule has 0 aromatic carbocycles. The van der Waals surface area contributed by atoms with Gasteiger partial charge in [-0.1, -0.05) is 388 Å². The van der Waals surface area contributed by atoms with Crippen LogP contribution in [0.4, 0.5) is 0 Å². The molecule has 17 nitrogen and oxygen atoms in total. The van der Waals surface area contributed by atoms with Gasteiger partial charge in [-0.3, -0.25) is 37.3 Å². The van der Waals surface area contributed by atoms with Gasteiger partial charge in [0.1, 0.15) is 19.3 Å². The number of esters is 4. The summed E-state index contributed by atoms with van der Waals surface area (Å²) in [5.41, 5.74) is 0. The summed E-state index contributed by atoms with van der Waals surface area (Å²) < 4.78 is 68.7. The number of hydrogen-bond donors (Lipinski definition) is 3. The molecular formula is C82H160O17P2. The molecule has 0 heterocycles. The second kappa shape index (κ2) is 74.9. The maximum absolute atomic E-state index is 13.1. The molecule has 0 saturated carbocycles. The second-order valence-corrected chi connectivity index (χ2v) is 32.7. The molecule has 0 radical (unpaired) electrons. The van der Waals surface area contributed by atoms with Crippen molar-refractivity contribution < 1.29 is 80.2 Å². The van der Waals surface area contributed by atoms with E-state index >= 15 is 0 Å². The summed E-state index contributed by atoms with van der Waals surface area (Å²) in [7, 11) is -9.92. The molecule has 0 aliphatic rings. The van der Waals surface area contributed by atoms with E-state index in [1.807, 2.05) is 0 Å². The highest BCUT2D eigenvalue weighted by molar-refractivity contribution is 7.47. The number of rotatable bonds is 82. The first kappa shape index (κ1) is 99.1. The van der Waals surface area contributed by atoms with Crippen molar-refractivity contribution in [3.8, 4) is 0 Å². The van der Waals surface area contributed by atoms with Crippen LogP contribution in [0.5, 0.6) is 0 Å². The molecule has 0 aliphatic carbocycles. The van der Waals surface area contributed by atoms with Crippen molar-refractivity contribution >= 4 is 39.5 Å². The molecule has 0 aromatic heterocycles. The highest BCUT2D eigenvalue weighted by atomic mass is 31.2. The Balaban J connectivity index is 5.23. The first-order valence-electron chi connectivity index (χ1n) is 42.7. The van der Waals surface area contributed by atoms with Gasteiger partial charge in [0, 0.05) is 25.7 Å². The zero-order valence-corrected chi connectivity index (χ0v) is 67.8. The van der Waals surface area contributed by atoms with Crippen LogP contribution in [0, 0.1) is 5.92 Å². The smallest absolute Gasteiger partial charge is 0.462 e. The average molecular weight is 1480 g/mol. The molecule has 0 saturated heterocycles. The number of unbranched alkanes of at least 4 members (excludes halogenated alkanes) is 53. The third kappa shape index (κ3) is 74.7. The third-order valence-corrected chi connectivity index (χ3v) is 21.5. The lowest BCUT2D eigenvalue weighted by molar-refractivity contribution is -0.161. The van der Waals surface area contributed by atoms with Crippen molar-refractivity contribution in [2.75, 3.05) is 39.6 Å². The molecular weight excluding hydrogens is 1320 g/mol. The van der Waals surface area contributed by atoms with Gasteiger partial charge in [-0.05, 0) is 31.6 Å². The minimum absolute atomic E-state index is 0.107. The topological polar surface area (TPSA) is 237 Å². The monoisotopic (exact) mass is 1480 g/mol. The lowest BCUT2D eigenvalue weighted by atomic mass is 9.99. The van der Waals surface area contributed by atoms with Crippen molar-refractivity contribution in [2.24, 2.45) is 5.92 Å². The summed E-state index contributed by atoms with van der Waals surface area (Å²) in [6.07, 6.45) is 66.5. The molecule has 0 fully saturated rings. The molecule has 0 aromatic rings. The van der Waals surface area contributed by atoms with Crippen molar-refractivity contribution in [1.29, 1.82) is 0 Å². The molecule has 0 aliphatic heterocycles. The van der Waals surface area contributed by atoms with Crippen LogP contribution in [0.15, 0.2) is 0 Å². The van der Waals surface area contributed by atoms with E-state index in [4.69, 9.17) is 37.0 Å². The summed E-state index contributed by atoms with van der Waals surface area (Å²) in [5, 5.41) is 10.6. The molecule has 6 atom stereocenters. The van der Waals surface area contributed by atoms with Crippen LogP contribution in [0.1, 0.15) is 439 Å². The number of carbonyl (C=O) groups is 4. The largest absolute Gasteiger partial charge is 0.472 e. The summed E-state index contributed by atoms with van der Waals surface area (Å²) in [6, 6.07) is 0. The van der Waals surface area contributed by atoms with E-state index in [9.17, 15) is 43.2 Å². The Morgan fingerprint density at radius 2 is 0.475 bits per heavy atom. The molecule has 0 bridgehead atoms. The SMILES string of the molecule is CCCCCCCCCCCCCCCCCCCCCCC(=O)O[C@H](COC(=O)CCCCCCCCCCCCCCCCCCC)COP(=O)(O)OC[C@@H](O)COP(=O)(O)OC[C@@H](COC(=O)CCCCCCCCCCCC)OC(=O)CCCCCCCCCCCCC(C)CC. The Morgan fingerprint density at radius 3 is 0.703 bits per heavy atom. The van der Waals surface area contributed by atoms with Gasteiger partial charge in [-0.25, -0.2) is 9.13 Å². The molecule has 3 N–H and O–H groups in total. The number of phosphoric acid groups is 2. The maximum Gasteiger partial charge on any atom is 0.472 e. The number of phosphoric ester groups is 2. The Kier molecular flexibility index (Phi) is 73.5. The summed E-state index contributed by atoms with van der Waals surface area (Å²) in [5.74, 6) is -1.30. The zero-order valence-electron chi connectivity index (χ0n) is 66.1. The Bertz CT molecular complexity index is 1930. The lowest BCUT2D eigenvalue weighted by Gasteiger charge is -2.21. The molecule has 600 valence electrons. The van der Waals surface area contributed by atoms with Crippen molar-refractivity contribution in [1.82, 2.24) is 0 Å². The second-order valence-electron chi connectivity index (χ2n) is 29.8. The van der Waals surface area contributed by atoms with Gasteiger partial charge in [-0.15, -0.1) is 0 Å². The zero-order chi connectivity index (χ0) is 74.1. The van der Waals surface area contributed by atoms with Crippen LogP contribution in [-0.2, 0) is 65.4 Å². The fourth-order valence-electron chi connectivity index (χ4n) is 12.7. The van der Waals surface area contributed by atoms with Crippen molar-refractivity contribution in [3.63, 3.8) is 0 Å². The van der Waals surface area contributed by atoms with E-state index in [-0.39, 0.29) is 25.7 Å². The molecule has 3 unspecified atom stereocenters. The Morgan fingerprint density at radius 1 is 0.277 bits per heavy atom. The maximum atomic E-state index is 13.1. The molecule has 19 heteroatoms. The highest BCUT2D eigenvalue weighted by Crippen LogP contribution is 2.45. The lowest BCUT2D eigenvalue weighted by Crippen LogP contribution is -2.30. The van der Waals surface area contributed by atoms with E-state index in [0.717, 1.165) is 95.8 Å². The van der Waals surface area contributed by atoms with Gasteiger partial charge in [0.15, 0.2) is 12.2 Å². The van der Waals surface area contributed by atoms with E-state index in [2.05, 4.69) is 34.6 Å². The number of aliphatic hydroxyl groups is 1. The van der Waals surface area contributed by atoms with Crippen LogP contribution < -0.4 is 0 Å². The van der Waals surface area contributed by atoms with E-state index < -0.39 is 97.5 Å². The number of ether oxygens (including phenoxy) is 4. The summed E-state index contributed by atoms with van der Waals surface area (Å²) >= 11 is 0. The quantitative estimate of drug-likeness (QED) is 0.0222. The highest BCUT2D eigenvalue weighted by Gasteiger charge is 2.30. The van der Waals surface area contributed by atoms with Crippen LogP contribution in [-0.4, -0.2) is 96.7 Å². The molecule has 101 heavy (non-hydrogen) atoms. The fraction of sp³-hybridized carbons (Fsp3) is 0.951. The Hall–Kier alpha value is -1.94.